The second kappa shape index (κ2) is 4.87. The summed E-state index contributed by atoms with van der Waals surface area (Å²) in [4.78, 5) is 0. The Balaban J connectivity index is 1.92. The normalized spacial score (nSPS) is 14.6. The Hall–Kier alpha value is -1.83. The van der Waals surface area contributed by atoms with E-state index in [0.29, 0.717) is 5.02 Å². The highest BCUT2D eigenvalue weighted by Gasteiger charge is 2.19. The molecule has 0 fully saturated rings. The molecule has 3 aromatic carbocycles. The maximum Gasteiger partial charge on any atom is 0.105 e. The van der Waals surface area contributed by atoms with Crippen LogP contribution in [0.5, 0.6) is 0 Å². The zero-order valence-electron chi connectivity index (χ0n) is 11.5. The molecule has 104 valence electrons. The SMILES string of the molecule is O[C@@H](c1cccc(Cl)c1)c1ccc2c3c(cccc13)CC2. The molecule has 0 heterocycles. The van der Waals surface area contributed by atoms with Gasteiger partial charge in [0.1, 0.15) is 6.10 Å². The predicted octanol–water partition coefficient (Wildman–Crippen LogP) is 4.67. The summed E-state index contributed by atoms with van der Waals surface area (Å²) in [5, 5.41) is 13.9. The van der Waals surface area contributed by atoms with Gasteiger partial charge in [-0.25, -0.2) is 0 Å². The topological polar surface area (TPSA) is 20.2 Å². The van der Waals surface area contributed by atoms with Crippen molar-refractivity contribution in [1.82, 2.24) is 0 Å². The molecule has 0 aliphatic heterocycles. The van der Waals surface area contributed by atoms with Crippen molar-refractivity contribution in [3.63, 3.8) is 0 Å². The quantitative estimate of drug-likeness (QED) is 0.728. The van der Waals surface area contributed by atoms with Crippen LogP contribution in [0.3, 0.4) is 0 Å². The van der Waals surface area contributed by atoms with Gasteiger partial charge in [-0.3, -0.25) is 0 Å². The molecule has 2 heteroatoms. The van der Waals surface area contributed by atoms with Gasteiger partial charge in [0, 0.05) is 5.02 Å². The fraction of sp³-hybridized carbons (Fsp3) is 0.158. The van der Waals surface area contributed by atoms with Crippen LogP contribution in [0.25, 0.3) is 10.8 Å². The lowest BCUT2D eigenvalue weighted by molar-refractivity contribution is 0.222. The van der Waals surface area contributed by atoms with E-state index in [4.69, 9.17) is 11.6 Å². The van der Waals surface area contributed by atoms with Gasteiger partial charge in [0.25, 0.3) is 0 Å². The maximum absolute atomic E-state index is 10.8. The molecule has 1 atom stereocenters. The van der Waals surface area contributed by atoms with Crippen LogP contribution < -0.4 is 0 Å². The monoisotopic (exact) mass is 294 g/mol. The average Bonchev–Trinajstić information content (AvgIpc) is 2.92. The Labute approximate surface area is 128 Å². The Bertz CT molecular complexity index is 828. The standard InChI is InChI=1S/C19H15ClO/c20-15-5-1-4-14(11-15)19(21)17-10-9-13-8-7-12-3-2-6-16(17)18(12)13/h1-6,9-11,19,21H,7-8H2/t19-/m0/s1. The van der Waals surface area contributed by atoms with E-state index in [-0.39, 0.29) is 0 Å². The van der Waals surface area contributed by atoms with Crippen molar-refractivity contribution < 1.29 is 5.11 Å². The van der Waals surface area contributed by atoms with Crippen LogP contribution in [0.15, 0.2) is 54.6 Å². The first kappa shape index (κ1) is 12.9. The molecule has 1 aliphatic carbocycles. The summed E-state index contributed by atoms with van der Waals surface area (Å²) >= 11 is 6.04. The lowest BCUT2D eigenvalue weighted by Crippen LogP contribution is -2.01. The summed E-state index contributed by atoms with van der Waals surface area (Å²) in [5.41, 5.74) is 4.58. The van der Waals surface area contributed by atoms with Gasteiger partial charge in [-0.05, 0) is 58.0 Å². The first-order chi connectivity index (χ1) is 10.2. The molecule has 0 aromatic heterocycles. The fourth-order valence-corrected chi connectivity index (χ4v) is 3.56. The molecule has 4 rings (SSSR count). The first-order valence-electron chi connectivity index (χ1n) is 7.21. The van der Waals surface area contributed by atoms with Crippen LogP contribution in [0, 0.1) is 0 Å². The number of aliphatic hydroxyl groups excluding tert-OH is 1. The third-order valence-electron chi connectivity index (χ3n) is 4.37. The molecule has 0 saturated heterocycles. The number of aliphatic hydroxyl groups is 1. The van der Waals surface area contributed by atoms with E-state index in [1.807, 2.05) is 24.3 Å². The predicted molar refractivity (Wildman–Crippen MR) is 86.9 cm³/mol. The van der Waals surface area contributed by atoms with Crippen molar-refractivity contribution in [2.75, 3.05) is 0 Å². The van der Waals surface area contributed by atoms with Crippen molar-refractivity contribution in [2.24, 2.45) is 0 Å². The molecule has 21 heavy (non-hydrogen) atoms. The van der Waals surface area contributed by atoms with Gasteiger partial charge >= 0.3 is 0 Å². The highest BCUT2D eigenvalue weighted by molar-refractivity contribution is 6.30. The van der Waals surface area contributed by atoms with Crippen molar-refractivity contribution in [2.45, 2.75) is 18.9 Å². The van der Waals surface area contributed by atoms with E-state index in [2.05, 4.69) is 30.3 Å². The molecule has 1 N–H and O–H groups in total. The van der Waals surface area contributed by atoms with Crippen LogP contribution >= 0.6 is 11.6 Å². The van der Waals surface area contributed by atoms with Crippen molar-refractivity contribution in [3.8, 4) is 0 Å². The fourth-order valence-electron chi connectivity index (χ4n) is 3.36. The Kier molecular flexibility index (Phi) is 2.99. The Morgan fingerprint density at radius 1 is 0.905 bits per heavy atom. The zero-order valence-corrected chi connectivity index (χ0v) is 12.3. The Morgan fingerprint density at radius 2 is 1.67 bits per heavy atom. The molecule has 3 aromatic rings. The number of hydrogen-bond acceptors (Lipinski definition) is 1. The lowest BCUT2D eigenvalue weighted by Gasteiger charge is -2.15. The third-order valence-corrected chi connectivity index (χ3v) is 4.60. The van der Waals surface area contributed by atoms with Gasteiger partial charge < -0.3 is 5.11 Å². The van der Waals surface area contributed by atoms with Gasteiger partial charge in [0.05, 0.1) is 0 Å². The van der Waals surface area contributed by atoms with E-state index in [0.717, 1.165) is 29.4 Å². The molecule has 0 bridgehead atoms. The summed E-state index contributed by atoms with van der Waals surface area (Å²) in [6.07, 6.45) is 1.56. The summed E-state index contributed by atoms with van der Waals surface area (Å²) in [5.74, 6) is 0. The minimum absolute atomic E-state index is 0.645. The molecule has 0 unspecified atom stereocenters. The van der Waals surface area contributed by atoms with Gasteiger partial charge in [-0.15, -0.1) is 0 Å². The number of rotatable bonds is 2. The highest BCUT2D eigenvalue weighted by Crippen LogP contribution is 2.36. The summed E-state index contributed by atoms with van der Waals surface area (Å²) in [6, 6.07) is 18.0. The summed E-state index contributed by atoms with van der Waals surface area (Å²) < 4.78 is 0. The Morgan fingerprint density at radius 3 is 2.48 bits per heavy atom. The zero-order chi connectivity index (χ0) is 14.4. The molecule has 1 aliphatic rings. The van der Waals surface area contributed by atoms with Crippen molar-refractivity contribution in [3.05, 3.63) is 81.9 Å². The minimum Gasteiger partial charge on any atom is -0.384 e. The second-order valence-corrected chi connectivity index (χ2v) is 6.05. The largest absolute Gasteiger partial charge is 0.384 e. The van der Waals surface area contributed by atoms with E-state index in [9.17, 15) is 5.11 Å². The molecule has 1 nitrogen and oxygen atoms in total. The average molecular weight is 295 g/mol. The van der Waals surface area contributed by atoms with Crippen molar-refractivity contribution in [1.29, 1.82) is 0 Å². The van der Waals surface area contributed by atoms with E-state index in [1.165, 1.54) is 16.5 Å². The van der Waals surface area contributed by atoms with E-state index in [1.54, 1.807) is 0 Å². The second-order valence-electron chi connectivity index (χ2n) is 5.61. The number of benzene rings is 3. The van der Waals surface area contributed by atoms with Crippen LogP contribution in [-0.4, -0.2) is 5.11 Å². The van der Waals surface area contributed by atoms with E-state index >= 15 is 0 Å². The number of aryl methyl sites for hydroxylation is 2. The third kappa shape index (κ3) is 2.05. The maximum atomic E-state index is 10.8. The molecule has 0 spiro atoms. The van der Waals surface area contributed by atoms with Gasteiger partial charge in [0.2, 0.25) is 0 Å². The highest BCUT2D eigenvalue weighted by atomic mass is 35.5. The first-order valence-corrected chi connectivity index (χ1v) is 7.59. The molecule has 0 amide bonds. The number of hydrogen-bond donors (Lipinski definition) is 1. The molecule has 0 saturated carbocycles. The van der Waals surface area contributed by atoms with E-state index < -0.39 is 6.10 Å². The van der Waals surface area contributed by atoms with Crippen molar-refractivity contribution >= 4 is 22.4 Å². The molecular formula is C19H15ClO. The van der Waals surface area contributed by atoms with Crippen LogP contribution in [0.2, 0.25) is 5.02 Å². The minimum atomic E-state index is -0.645. The smallest absolute Gasteiger partial charge is 0.105 e. The van der Waals surface area contributed by atoms with Gasteiger partial charge in [0.15, 0.2) is 0 Å². The van der Waals surface area contributed by atoms with Gasteiger partial charge in [-0.2, -0.15) is 0 Å². The molecule has 0 radical (unpaired) electrons. The summed E-state index contributed by atoms with van der Waals surface area (Å²) in [6.45, 7) is 0. The summed E-state index contributed by atoms with van der Waals surface area (Å²) in [7, 11) is 0. The van der Waals surface area contributed by atoms with Gasteiger partial charge in [-0.1, -0.05) is 54.1 Å². The lowest BCUT2D eigenvalue weighted by atomic mass is 9.93. The number of halogens is 1. The van der Waals surface area contributed by atoms with Crippen LogP contribution in [0.1, 0.15) is 28.4 Å². The van der Waals surface area contributed by atoms with Crippen LogP contribution in [-0.2, 0) is 12.8 Å². The molecular weight excluding hydrogens is 280 g/mol. The van der Waals surface area contributed by atoms with Crippen LogP contribution in [0.4, 0.5) is 0 Å².